The molecule has 0 atom stereocenters. The van der Waals surface area contributed by atoms with Crippen LogP contribution in [0.5, 0.6) is 11.5 Å². The van der Waals surface area contributed by atoms with Crippen LogP contribution in [0.25, 0.3) is 38.3 Å². The van der Waals surface area contributed by atoms with Gasteiger partial charge in [0, 0.05) is 29.1 Å². The van der Waals surface area contributed by atoms with Crippen LogP contribution in [0, 0.1) is 0 Å². The lowest BCUT2D eigenvalue weighted by atomic mass is 10.1. The van der Waals surface area contributed by atoms with E-state index in [2.05, 4.69) is 22.0 Å². The molecule has 4 aromatic heterocycles. The average molecular weight is 726 g/mol. The molecule has 0 fully saturated rings. The van der Waals surface area contributed by atoms with Crippen molar-refractivity contribution < 1.29 is 9.47 Å². The minimum Gasteiger partial charge on any atom is -0.497 e. The third kappa shape index (κ3) is 5.54. The topological polar surface area (TPSA) is 109 Å². The van der Waals surface area contributed by atoms with E-state index in [9.17, 15) is 9.59 Å². The number of halogens is 1. The van der Waals surface area contributed by atoms with E-state index in [1.165, 1.54) is 16.6 Å². The Labute approximate surface area is 299 Å². The Hall–Kier alpha value is -4.69. The smallest absolute Gasteiger partial charge is 0.267 e. The lowest BCUT2D eigenvalue weighted by molar-refractivity contribution is 0.272. The predicted molar refractivity (Wildman–Crippen MR) is 198 cm³/mol. The van der Waals surface area contributed by atoms with Gasteiger partial charge in [0.1, 0.15) is 22.2 Å². The summed E-state index contributed by atoms with van der Waals surface area (Å²) in [7, 11) is 1.60. The molecule has 8 rings (SSSR count). The maximum absolute atomic E-state index is 14.5. The second-order valence-electron chi connectivity index (χ2n) is 11.8. The zero-order chi connectivity index (χ0) is 34.5. The number of thioether (sulfide) groups is 1. The van der Waals surface area contributed by atoms with Gasteiger partial charge in [-0.05, 0) is 80.1 Å². The van der Waals surface area contributed by atoms with Crippen LogP contribution in [-0.4, -0.2) is 60.4 Å². The molecule has 50 heavy (non-hydrogen) atoms. The van der Waals surface area contributed by atoms with Crippen molar-refractivity contribution in [1.82, 2.24) is 33.6 Å². The molecule has 5 heterocycles. The molecule has 11 nitrogen and oxygen atoms in total. The predicted octanol–water partition coefficient (Wildman–Crippen LogP) is 6.53. The molecule has 1 aliphatic rings. The highest BCUT2D eigenvalue weighted by atomic mass is 35.5. The third-order valence-electron chi connectivity index (χ3n) is 8.96. The first kappa shape index (κ1) is 32.5. The van der Waals surface area contributed by atoms with Crippen LogP contribution in [0.3, 0.4) is 0 Å². The minimum absolute atomic E-state index is 0.110. The minimum atomic E-state index is -0.248. The van der Waals surface area contributed by atoms with Crippen molar-refractivity contribution in [1.29, 1.82) is 0 Å². The Bertz CT molecular complexity index is 2540. The van der Waals surface area contributed by atoms with E-state index in [4.69, 9.17) is 26.1 Å². The molecule has 0 N–H and O–H groups in total. The number of fused-ring (bicyclic) bond motifs is 6. The first-order chi connectivity index (χ1) is 24.4. The second kappa shape index (κ2) is 13.2. The molecule has 0 saturated heterocycles. The highest BCUT2D eigenvalue weighted by Gasteiger charge is 2.26. The fourth-order valence-corrected chi connectivity index (χ4v) is 8.91. The number of aromatic nitrogens is 6. The first-order valence-electron chi connectivity index (χ1n) is 16.3. The molecule has 0 unspecified atom stereocenters. The Kier molecular flexibility index (Phi) is 8.59. The summed E-state index contributed by atoms with van der Waals surface area (Å²) in [6, 6.07) is 19.9. The summed E-state index contributed by atoms with van der Waals surface area (Å²) in [4.78, 5) is 37.8. The van der Waals surface area contributed by atoms with Gasteiger partial charge in [-0.15, -0.1) is 21.5 Å². The summed E-state index contributed by atoms with van der Waals surface area (Å²) in [5, 5.41) is 11.2. The molecule has 0 radical (unpaired) electrons. The number of methoxy groups -OCH3 is 1. The number of thiophene rings is 1. The maximum Gasteiger partial charge on any atom is 0.267 e. The van der Waals surface area contributed by atoms with Crippen LogP contribution in [-0.2, 0) is 18.7 Å². The van der Waals surface area contributed by atoms with Crippen LogP contribution >= 0.6 is 34.7 Å². The maximum atomic E-state index is 14.5. The van der Waals surface area contributed by atoms with Gasteiger partial charge in [0.15, 0.2) is 5.16 Å². The molecular weight excluding hydrogens is 694 g/mol. The van der Waals surface area contributed by atoms with Gasteiger partial charge in [-0.3, -0.25) is 23.5 Å². The van der Waals surface area contributed by atoms with Gasteiger partial charge in [-0.2, -0.15) is 0 Å². The number of likely N-dealkylation sites (N-methyl/N-ethyl adjacent to an activating group) is 1. The molecule has 0 bridgehead atoms. The van der Waals surface area contributed by atoms with E-state index < -0.39 is 0 Å². The number of hydrogen-bond acceptors (Lipinski definition) is 10. The van der Waals surface area contributed by atoms with Gasteiger partial charge in [-0.1, -0.05) is 36.4 Å². The van der Waals surface area contributed by atoms with Gasteiger partial charge >= 0.3 is 0 Å². The monoisotopic (exact) mass is 725 g/mol. The zero-order valence-electron chi connectivity index (χ0n) is 27.6. The molecule has 1 aliphatic heterocycles. The molecule has 0 amide bonds. The number of benzene rings is 3. The summed E-state index contributed by atoms with van der Waals surface area (Å²) in [6.07, 6.45) is 0.808. The quantitative estimate of drug-likeness (QED) is 0.121. The van der Waals surface area contributed by atoms with Crippen LogP contribution in [0.4, 0.5) is 0 Å². The van der Waals surface area contributed by atoms with E-state index in [1.807, 2.05) is 59.9 Å². The summed E-state index contributed by atoms with van der Waals surface area (Å²) in [6.45, 7) is 7.28. The second-order valence-corrected chi connectivity index (χ2v) is 14.3. The molecule has 7 aromatic rings. The number of hydrogen-bond donors (Lipinski definition) is 0. The van der Waals surface area contributed by atoms with E-state index in [-0.39, 0.29) is 11.1 Å². The van der Waals surface area contributed by atoms with Crippen molar-refractivity contribution in [2.45, 2.75) is 37.7 Å². The van der Waals surface area contributed by atoms with Gasteiger partial charge in [0.2, 0.25) is 5.78 Å². The van der Waals surface area contributed by atoms with Crippen molar-refractivity contribution in [2.75, 3.05) is 26.8 Å². The van der Waals surface area contributed by atoms with Crippen molar-refractivity contribution in [2.24, 2.45) is 0 Å². The standard InChI is InChI=1S/C36H32ClN7O4S2/c1-4-41-16-15-27-29(19-41)50-32-31(27)34(46)43(23-7-6-8-25(18-23)47-3)36(38-32)49-20-30-39-40-35-42(22-10-12-24(13-11-22)48-5-2)33(45)26-14-9-21(37)17-28(26)44(30)35/h6-14,17-18H,4-5,15-16,19-20H2,1-3H3. The van der Waals surface area contributed by atoms with Gasteiger partial charge in [0.25, 0.3) is 11.1 Å². The van der Waals surface area contributed by atoms with Crippen molar-refractivity contribution in [3.8, 4) is 22.9 Å². The Morgan fingerprint density at radius 2 is 1.78 bits per heavy atom. The largest absolute Gasteiger partial charge is 0.497 e. The number of ether oxygens (including phenoxy) is 2. The van der Waals surface area contributed by atoms with Crippen molar-refractivity contribution in [3.05, 3.63) is 109 Å². The first-order valence-corrected chi connectivity index (χ1v) is 18.4. The average Bonchev–Trinajstić information content (AvgIpc) is 3.72. The van der Waals surface area contributed by atoms with Crippen LogP contribution in [0.15, 0.2) is 81.5 Å². The van der Waals surface area contributed by atoms with Crippen LogP contribution < -0.4 is 20.6 Å². The Morgan fingerprint density at radius 1 is 0.940 bits per heavy atom. The van der Waals surface area contributed by atoms with Crippen LogP contribution in [0.2, 0.25) is 5.02 Å². The highest BCUT2D eigenvalue weighted by Crippen LogP contribution is 2.35. The van der Waals surface area contributed by atoms with E-state index in [0.717, 1.165) is 36.4 Å². The normalized spacial score (nSPS) is 13.4. The molecule has 0 saturated carbocycles. The Balaban J connectivity index is 1.28. The SMILES string of the molecule is CCOc1ccc(-n2c(=O)c3ccc(Cl)cc3n3c(CSc4nc5sc6c(c5c(=O)n4-c4cccc(OC)c4)CCN(CC)C6)nnc23)cc1. The Morgan fingerprint density at radius 3 is 2.56 bits per heavy atom. The summed E-state index contributed by atoms with van der Waals surface area (Å²) < 4.78 is 16.2. The molecular formula is C36H32ClN7O4S2. The van der Waals surface area contributed by atoms with Gasteiger partial charge < -0.3 is 9.47 Å². The van der Waals surface area contributed by atoms with Gasteiger partial charge in [0.05, 0.1) is 47.1 Å². The third-order valence-corrected chi connectivity index (χ3v) is 11.2. The van der Waals surface area contributed by atoms with Gasteiger partial charge in [-0.25, -0.2) is 9.55 Å². The highest BCUT2D eigenvalue weighted by molar-refractivity contribution is 7.98. The zero-order valence-corrected chi connectivity index (χ0v) is 29.9. The van der Waals surface area contributed by atoms with Crippen LogP contribution in [0.1, 0.15) is 30.1 Å². The number of rotatable bonds is 9. The van der Waals surface area contributed by atoms with Crippen molar-refractivity contribution in [3.63, 3.8) is 0 Å². The molecule has 3 aromatic carbocycles. The fraction of sp³-hybridized carbons (Fsp3) is 0.250. The number of nitrogens with zero attached hydrogens (tertiary/aromatic N) is 7. The van der Waals surface area contributed by atoms with E-state index in [0.29, 0.717) is 73.3 Å². The fourth-order valence-electron chi connectivity index (χ4n) is 6.51. The summed E-state index contributed by atoms with van der Waals surface area (Å²) >= 11 is 9.45. The summed E-state index contributed by atoms with van der Waals surface area (Å²) in [5.74, 6) is 2.53. The van der Waals surface area contributed by atoms with E-state index in [1.54, 1.807) is 45.8 Å². The molecule has 0 aliphatic carbocycles. The summed E-state index contributed by atoms with van der Waals surface area (Å²) in [5.41, 5.74) is 2.60. The molecule has 254 valence electrons. The molecule has 0 spiro atoms. The lowest BCUT2D eigenvalue weighted by Crippen LogP contribution is -2.30. The van der Waals surface area contributed by atoms with Crippen molar-refractivity contribution >= 4 is 61.6 Å². The van der Waals surface area contributed by atoms with E-state index >= 15 is 0 Å². The molecule has 14 heteroatoms. The lowest BCUT2D eigenvalue weighted by Gasteiger charge is -2.25.